The highest BCUT2D eigenvalue weighted by Crippen LogP contribution is 2.42. The smallest absolute Gasteiger partial charge is 0.181 e. The van der Waals surface area contributed by atoms with Crippen molar-refractivity contribution >= 4 is 32.7 Å². The van der Waals surface area contributed by atoms with E-state index in [9.17, 15) is 0 Å². The number of benzene rings is 5. The van der Waals surface area contributed by atoms with Gasteiger partial charge < -0.3 is 4.42 Å². The molecule has 0 saturated heterocycles. The highest BCUT2D eigenvalue weighted by molar-refractivity contribution is 6.15. The van der Waals surface area contributed by atoms with Crippen molar-refractivity contribution in [2.24, 2.45) is 0 Å². The first-order valence-corrected chi connectivity index (χ1v) is 11.3. The molecule has 7 rings (SSSR count). The molecule has 7 aromatic rings. The number of H-pyrrole nitrogens is 1. The van der Waals surface area contributed by atoms with Crippen LogP contribution in [0.25, 0.3) is 66.6 Å². The maximum atomic E-state index is 6.21. The van der Waals surface area contributed by atoms with Gasteiger partial charge in [-0.05, 0) is 46.2 Å². The fourth-order valence-corrected chi connectivity index (χ4v) is 4.75. The van der Waals surface area contributed by atoms with Crippen LogP contribution in [0.4, 0.5) is 0 Å². The zero-order chi connectivity index (χ0) is 22.5. The van der Waals surface area contributed by atoms with Crippen LogP contribution in [0.1, 0.15) is 0 Å². The minimum absolute atomic E-state index is 0.671. The Balaban J connectivity index is 1.54. The normalized spacial score (nSPS) is 11.5. The first-order valence-electron chi connectivity index (χ1n) is 11.3. The third kappa shape index (κ3) is 2.93. The molecule has 0 aliphatic rings. The van der Waals surface area contributed by atoms with Crippen molar-refractivity contribution in [3.63, 3.8) is 0 Å². The number of rotatable bonds is 3. The monoisotopic (exact) mass is 437 g/mol. The van der Waals surface area contributed by atoms with Crippen LogP contribution in [0, 0.1) is 0 Å². The van der Waals surface area contributed by atoms with Gasteiger partial charge in [0.25, 0.3) is 0 Å². The second-order valence-corrected chi connectivity index (χ2v) is 8.40. The van der Waals surface area contributed by atoms with E-state index >= 15 is 0 Å². The van der Waals surface area contributed by atoms with Crippen molar-refractivity contribution in [3.05, 3.63) is 109 Å². The molecule has 2 heterocycles. The van der Waals surface area contributed by atoms with Gasteiger partial charge in [-0.15, -0.1) is 0 Å². The van der Waals surface area contributed by atoms with E-state index < -0.39 is 0 Å². The average Bonchev–Trinajstić information content (AvgIpc) is 3.54. The standard InChI is InChI=1S/C30H19N3O/c1-2-9-20(10-3-1)29-31-30(33-32-29)28-23(22-15-14-19-8-4-5-11-21(19)18-22)16-17-26-27(28)24-12-6-7-13-25(24)34-26/h1-18H,(H,31,32,33). The summed E-state index contributed by atoms with van der Waals surface area (Å²) in [5.74, 6) is 1.39. The van der Waals surface area contributed by atoms with Gasteiger partial charge in [0, 0.05) is 21.9 Å². The molecular formula is C30H19N3O. The zero-order valence-electron chi connectivity index (χ0n) is 18.2. The number of nitrogens with zero attached hydrogens (tertiary/aromatic N) is 2. The number of hydrogen-bond donors (Lipinski definition) is 1. The lowest BCUT2D eigenvalue weighted by molar-refractivity contribution is 0.669. The molecule has 160 valence electrons. The summed E-state index contributed by atoms with van der Waals surface area (Å²) in [4.78, 5) is 4.93. The Labute approximate surface area is 195 Å². The second-order valence-electron chi connectivity index (χ2n) is 8.40. The first-order chi connectivity index (χ1) is 16.8. The predicted molar refractivity (Wildman–Crippen MR) is 137 cm³/mol. The Morgan fingerprint density at radius 3 is 2.32 bits per heavy atom. The van der Waals surface area contributed by atoms with Crippen LogP contribution >= 0.6 is 0 Å². The van der Waals surface area contributed by atoms with Crippen molar-refractivity contribution < 1.29 is 4.42 Å². The molecule has 2 aromatic heterocycles. The van der Waals surface area contributed by atoms with Crippen molar-refractivity contribution in [2.45, 2.75) is 0 Å². The van der Waals surface area contributed by atoms with Crippen molar-refractivity contribution in [3.8, 4) is 33.9 Å². The lowest BCUT2D eigenvalue weighted by Gasteiger charge is -2.10. The lowest BCUT2D eigenvalue weighted by Crippen LogP contribution is -1.89. The predicted octanol–water partition coefficient (Wildman–Crippen LogP) is 7.86. The van der Waals surface area contributed by atoms with Crippen LogP contribution in [0.2, 0.25) is 0 Å². The Morgan fingerprint density at radius 1 is 0.618 bits per heavy atom. The number of aromatic amines is 1. The van der Waals surface area contributed by atoms with Crippen LogP contribution in [0.3, 0.4) is 0 Å². The van der Waals surface area contributed by atoms with E-state index in [1.807, 2.05) is 48.5 Å². The van der Waals surface area contributed by atoms with E-state index in [0.717, 1.165) is 50.0 Å². The molecule has 34 heavy (non-hydrogen) atoms. The fourth-order valence-electron chi connectivity index (χ4n) is 4.75. The van der Waals surface area contributed by atoms with Gasteiger partial charge in [0.15, 0.2) is 11.6 Å². The summed E-state index contributed by atoms with van der Waals surface area (Å²) < 4.78 is 6.21. The Hall–Kier alpha value is -4.70. The molecule has 1 N–H and O–H groups in total. The van der Waals surface area contributed by atoms with Crippen molar-refractivity contribution in [2.75, 3.05) is 0 Å². The SMILES string of the molecule is c1ccc(-c2n[nH]c(-c3c(-c4ccc5ccccc5c4)ccc4oc5ccccc5c34)n2)cc1. The molecule has 4 nitrogen and oxygen atoms in total. The van der Waals surface area contributed by atoms with Crippen molar-refractivity contribution in [1.82, 2.24) is 15.2 Å². The van der Waals surface area contributed by atoms with Gasteiger partial charge in [-0.1, -0.05) is 84.9 Å². The number of nitrogens with one attached hydrogen (secondary N) is 1. The largest absolute Gasteiger partial charge is 0.456 e. The van der Waals surface area contributed by atoms with Gasteiger partial charge in [-0.3, -0.25) is 5.10 Å². The quantitative estimate of drug-likeness (QED) is 0.306. The summed E-state index contributed by atoms with van der Waals surface area (Å²) >= 11 is 0. The average molecular weight is 438 g/mol. The van der Waals surface area contributed by atoms with Gasteiger partial charge in [-0.2, -0.15) is 5.10 Å². The summed E-state index contributed by atoms with van der Waals surface area (Å²) in [6.07, 6.45) is 0. The lowest BCUT2D eigenvalue weighted by atomic mass is 9.93. The summed E-state index contributed by atoms with van der Waals surface area (Å²) in [6.45, 7) is 0. The van der Waals surface area contributed by atoms with Crippen LogP contribution in [-0.4, -0.2) is 15.2 Å². The minimum atomic E-state index is 0.671. The molecule has 4 heteroatoms. The van der Waals surface area contributed by atoms with Gasteiger partial charge in [0.1, 0.15) is 11.2 Å². The molecule has 0 atom stereocenters. The van der Waals surface area contributed by atoms with Gasteiger partial charge in [0.2, 0.25) is 0 Å². The van der Waals surface area contributed by atoms with E-state index in [1.165, 1.54) is 10.8 Å². The van der Waals surface area contributed by atoms with Gasteiger partial charge in [-0.25, -0.2) is 4.98 Å². The maximum Gasteiger partial charge on any atom is 0.181 e. The van der Waals surface area contributed by atoms with E-state index in [0.29, 0.717) is 5.82 Å². The molecule has 0 radical (unpaired) electrons. The van der Waals surface area contributed by atoms with Gasteiger partial charge >= 0.3 is 0 Å². The molecule has 0 amide bonds. The van der Waals surface area contributed by atoms with Crippen molar-refractivity contribution in [1.29, 1.82) is 0 Å². The Kier molecular flexibility index (Phi) is 4.11. The summed E-state index contributed by atoms with van der Waals surface area (Å²) in [6, 6.07) is 37.3. The van der Waals surface area contributed by atoms with Crippen LogP contribution in [0.5, 0.6) is 0 Å². The molecule has 5 aromatic carbocycles. The highest BCUT2D eigenvalue weighted by atomic mass is 16.3. The molecule has 0 aliphatic heterocycles. The molecular weight excluding hydrogens is 418 g/mol. The van der Waals surface area contributed by atoms with E-state index in [2.05, 4.69) is 70.9 Å². The third-order valence-electron chi connectivity index (χ3n) is 6.36. The number of para-hydroxylation sites is 1. The van der Waals surface area contributed by atoms with Gasteiger partial charge in [0.05, 0.1) is 0 Å². The number of fused-ring (bicyclic) bond motifs is 4. The van der Waals surface area contributed by atoms with Crippen LogP contribution in [-0.2, 0) is 0 Å². The minimum Gasteiger partial charge on any atom is -0.456 e. The number of aromatic nitrogens is 3. The van der Waals surface area contributed by atoms with E-state index in [1.54, 1.807) is 0 Å². The third-order valence-corrected chi connectivity index (χ3v) is 6.36. The Bertz CT molecular complexity index is 1810. The molecule has 0 bridgehead atoms. The van der Waals surface area contributed by atoms with Crippen LogP contribution in [0.15, 0.2) is 114 Å². The second kappa shape index (κ2) is 7.42. The van der Waals surface area contributed by atoms with E-state index in [-0.39, 0.29) is 0 Å². The summed E-state index contributed by atoms with van der Waals surface area (Å²) in [7, 11) is 0. The number of furan rings is 1. The summed E-state index contributed by atoms with van der Waals surface area (Å²) in [5, 5.41) is 12.3. The van der Waals surface area contributed by atoms with E-state index in [4.69, 9.17) is 9.40 Å². The summed E-state index contributed by atoms with van der Waals surface area (Å²) in [5.41, 5.74) is 5.86. The fraction of sp³-hybridized carbons (Fsp3) is 0. The molecule has 0 spiro atoms. The first kappa shape index (κ1) is 18.8. The molecule has 0 fully saturated rings. The Morgan fingerprint density at radius 2 is 1.41 bits per heavy atom. The number of hydrogen-bond acceptors (Lipinski definition) is 3. The molecule has 0 saturated carbocycles. The molecule has 0 aliphatic carbocycles. The molecule has 0 unspecified atom stereocenters. The highest BCUT2D eigenvalue weighted by Gasteiger charge is 2.20. The topological polar surface area (TPSA) is 54.7 Å². The zero-order valence-corrected chi connectivity index (χ0v) is 18.2. The maximum absolute atomic E-state index is 6.21. The van der Waals surface area contributed by atoms with Crippen LogP contribution < -0.4 is 0 Å².